The van der Waals surface area contributed by atoms with Crippen LogP contribution >= 0.6 is 22.9 Å². The van der Waals surface area contributed by atoms with Crippen LogP contribution in [0.2, 0.25) is 5.02 Å². The molecular weight excluding hydrogens is 278 g/mol. The Kier molecular flexibility index (Phi) is 3.09. The number of nitrogens with zero attached hydrogens (tertiary/aromatic N) is 1. The zero-order valence-electron chi connectivity index (χ0n) is 10.2. The van der Waals surface area contributed by atoms with Crippen LogP contribution < -0.4 is 0 Å². The first-order valence-corrected chi connectivity index (χ1v) is 6.99. The number of hydrogen-bond acceptors (Lipinski definition) is 3. The molecule has 0 saturated carbocycles. The molecule has 0 fully saturated rings. The van der Waals surface area contributed by atoms with Crippen LogP contribution in [0, 0.1) is 6.92 Å². The molecule has 0 atom stereocenters. The summed E-state index contributed by atoms with van der Waals surface area (Å²) in [7, 11) is 0. The lowest BCUT2D eigenvalue weighted by molar-refractivity contribution is 0.112. The van der Waals surface area contributed by atoms with Gasteiger partial charge in [-0.2, -0.15) is 0 Å². The maximum Gasteiger partial charge on any atom is 0.160 e. The molecule has 0 aliphatic heterocycles. The van der Waals surface area contributed by atoms with Crippen LogP contribution in [-0.2, 0) is 0 Å². The van der Waals surface area contributed by atoms with Crippen molar-refractivity contribution in [3.8, 4) is 11.3 Å². The van der Waals surface area contributed by atoms with E-state index in [9.17, 15) is 4.79 Å². The molecule has 0 unspecified atom stereocenters. The van der Waals surface area contributed by atoms with E-state index in [1.54, 1.807) is 6.20 Å². The number of hydrogen-bond donors (Lipinski definition) is 0. The number of benzene rings is 1. The van der Waals surface area contributed by atoms with Gasteiger partial charge in [0.2, 0.25) is 0 Å². The van der Waals surface area contributed by atoms with Gasteiger partial charge in [-0.1, -0.05) is 17.7 Å². The second-order valence-electron chi connectivity index (χ2n) is 4.26. The van der Waals surface area contributed by atoms with Gasteiger partial charge in [-0.15, -0.1) is 11.3 Å². The first-order valence-electron chi connectivity index (χ1n) is 5.79. The zero-order chi connectivity index (χ0) is 13.4. The van der Waals surface area contributed by atoms with Crippen LogP contribution in [0.15, 0.2) is 36.5 Å². The third-order valence-electron chi connectivity index (χ3n) is 3.04. The molecule has 2 nitrogen and oxygen atoms in total. The summed E-state index contributed by atoms with van der Waals surface area (Å²) in [6.07, 6.45) is 2.66. The van der Waals surface area contributed by atoms with Crippen LogP contribution in [0.1, 0.15) is 14.5 Å². The summed E-state index contributed by atoms with van der Waals surface area (Å²) in [6, 6.07) is 9.60. The molecule has 0 radical (unpaired) electrons. The molecule has 0 saturated heterocycles. The summed E-state index contributed by atoms with van der Waals surface area (Å²) < 4.78 is 0. The maximum atomic E-state index is 10.9. The van der Waals surface area contributed by atoms with Crippen LogP contribution in [-0.4, -0.2) is 11.3 Å². The largest absolute Gasteiger partial charge is 0.297 e. The monoisotopic (exact) mass is 287 g/mol. The number of aldehydes is 1. The first-order chi connectivity index (χ1) is 9.19. The third kappa shape index (κ3) is 2.15. The summed E-state index contributed by atoms with van der Waals surface area (Å²) in [4.78, 5) is 17.2. The Morgan fingerprint density at radius 1 is 1.26 bits per heavy atom. The van der Waals surface area contributed by atoms with Gasteiger partial charge in [0.15, 0.2) is 6.29 Å². The molecule has 1 aromatic carbocycles. The lowest BCUT2D eigenvalue weighted by Crippen LogP contribution is -1.86. The fourth-order valence-corrected chi connectivity index (χ4v) is 3.17. The average molecular weight is 288 g/mol. The standard InChI is InChI=1S/C15H10ClNOS/c1-9-13(7-12(8-18)19-9)15-14-6-11(16)3-2-10(14)4-5-17-15/h2-8H,1H3. The fraction of sp³-hybridized carbons (Fsp3) is 0.0667. The summed E-state index contributed by atoms with van der Waals surface area (Å²) in [5, 5.41) is 2.78. The van der Waals surface area contributed by atoms with E-state index in [0.717, 1.165) is 33.2 Å². The van der Waals surface area contributed by atoms with E-state index >= 15 is 0 Å². The number of aromatic nitrogens is 1. The van der Waals surface area contributed by atoms with Crippen molar-refractivity contribution >= 4 is 40.0 Å². The van der Waals surface area contributed by atoms with Gasteiger partial charge >= 0.3 is 0 Å². The normalized spacial score (nSPS) is 10.8. The predicted octanol–water partition coefficient (Wildman–Crippen LogP) is 4.74. The van der Waals surface area contributed by atoms with Gasteiger partial charge in [0.1, 0.15) is 0 Å². The zero-order valence-corrected chi connectivity index (χ0v) is 11.8. The van der Waals surface area contributed by atoms with Gasteiger partial charge in [-0.3, -0.25) is 9.78 Å². The number of rotatable bonds is 2. The van der Waals surface area contributed by atoms with Crippen LogP contribution in [0.3, 0.4) is 0 Å². The summed E-state index contributed by atoms with van der Waals surface area (Å²) in [6.45, 7) is 2.00. The minimum Gasteiger partial charge on any atom is -0.297 e. The minimum atomic E-state index is 0.685. The lowest BCUT2D eigenvalue weighted by atomic mass is 10.0. The Balaban J connectivity index is 2.32. The number of pyridine rings is 1. The molecule has 0 aliphatic carbocycles. The van der Waals surface area contributed by atoms with Crippen molar-refractivity contribution in [2.45, 2.75) is 6.92 Å². The van der Waals surface area contributed by atoms with Crippen molar-refractivity contribution in [3.05, 3.63) is 51.3 Å². The molecule has 0 amide bonds. The van der Waals surface area contributed by atoms with E-state index in [-0.39, 0.29) is 0 Å². The molecule has 0 spiro atoms. The molecule has 3 aromatic rings. The van der Waals surface area contributed by atoms with Gasteiger partial charge in [-0.05, 0) is 36.6 Å². The van der Waals surface area contributed by atoms with Gasteiger partial charge in [-0.25, -0.2) is 0 Å². The second kappa shape index (κ2) is 4.76. The molecule has 2 aromatic heterocycles. The van der Waals surface area contributed by atoms with Crippen LogP contribution in [0.25, 0.3) is 22.0 Å². The van der Waals surface area contributed by atoms with Gasteiger partial charge in [0.05, 0.1) is 10.6 Å². The number of fused-ring (bicyclic) bond motifs is 1. The van der Waals surface area contributed by atoms with Crippen LogP contribution in [0.4, 0.5) is 0 Å². The highest BCUT2D eigenvalue weighted by molar-refractivity contribution is 7.14. The number of aryl methyl sites for hydroxylation is 1. The summed E-state index contributed by atoms with van der Waals surface area (Å²) >= 11 is 7.55. The highest BCUT2D eigenvalue weighted by Crippen LogP contribution is 2.34. The van der Waals surface area contributed by atoms with E-state index in [0.29, 0.717) is 9.90 Å². The van der Waals surface area contributed by atoms with Gasteiger partial charge in [0.25, 0.3) is 0 Å². The highest BCUT2D eigenvalue weighted by atomic mass is 35.5. The summed E-state index contributed by atoms with van der Waals surface area (Å²) in [5.74, 6) is 0. The Morgan fingerprint density at radius 2 is 2.11 bits per heavy atom. The number of carbonyl (C=O) groups excluding carboxylic acids is 1. The van der Waals surface area contributed by atoms with Crippen molar-refractivity contribution in [1.82, 2.24) is 4.98 Å². The molecule has 19 heavy (non-hydrogen) atoms. The Labute approximate surface area is 119 Å². The maximum absolute atomic E-state index is 10.9. The summed E-state index contributed by atoms with van der Waals surface area (Å²) in [5.41, 5.74) is 1.88. The van der Waals surface area contributed by atoms with Crippen molar-refractivity contribution in [2.24, 2.45) is 0 Å². The van der Waals surface area contributed by atoms with E-state index < -0.39 is 0 Å². The lowest BCUT2D eigenvalue weighted by Gasteiger charge is -2.05. The molecule has 94 valence electrons. The number of halogens is 1. The number of carbonyl (C=O) groups is 1. The molecular formula is C15H10ClNOS. The van der Waals surface area contributed by atoms with E-state index in [2.05, 4.69) is 4.98 Å². The smallest absolute Gasteiger partial charge is 0.160 e. The van der Waals surface area contributed by atoms with Crippen molar-refractivity contribution in [1.29, 1.82) is 0 Å². The Bertz CT molecular complexity index is 779. The Morgan fingerprint density at radius 3 is 2.84 bits per heavy atom. The van der Waals surface area contributed by atoms with Gasteiger partial charge in [0, 0.05) is 27.0 Å². The Hall–Kier alpha value is -1.71. The fourth-order valence-electron chi connectivity index (χ4n) is 2.15. The van der Waals surface area contributed by atoms with E-state index in [1.807, 2.05) is 37.3 Å². The SMILES string of the molecule is Cc1sc(C=O)cc1-c1nccc2ccc(Cl)cc12. The average Bonchev–Trinajstić information content (AvgIpc) is 2.79. The second-order valence-corrected chi connectivity index (χ2v) is 5.99. The van der Waals surface area contributed by atoms with Gasteiger partial charge < -0.3 is 0 Å². The van der Waals surface area contributed by atoms with Crippen molar-refractivity contribution in [2.75, 3.05) is 0 Å². The molecule has 2 heterocycles. The third-order valence-corrected chi connectivity index (χ3v) is 4.25. The van der Waals surface area contributed by atoms with Crippen molar-refractivity contribution in [3.63, 3.8) is 0 Å². The molecule has 0 N–H and O–H groups in total. The predicted molar refractivity (Wildman–Crippen MR) is 80.2 cm³/mol. The van der Waals surface area contributed by atoms with E-state index in [4.69, 9.17) is 11.6 Å². The quantitative estimate of drug-likeness (QED) is 0.637. The molecule has 0 aliphatic rings. The first kappa shape index (κ1) is 12.3. The number of thiophene rings is 1. The van der Waals surface area contributed by atoms with E-state index in [1.165, 1.54) is 11.3 Å². The van der Waals surface area contributed by atoms with Crippen molar-refractivity contribution < 1.29 is 4.79 Å². The molecule has 0 bridgehead atoms. The molecule has 4 heteroatoms. The highest BCUT2D eigenvalue weighted by Gasteiger charge is 2.12. The topological polar surface area (TPSA) is 30.0 Å². The minimum absolute atomic E-state index is 0.685. The molecule has 3 rings (SSSR count). The van der Waals surface area contributed by atoms with Crippen LogP contribution in [0.5, 0.6) is 0 Å².